The fourth-order valence-corrected chi connectivity index (χ4v) is 3.18. The van der Waals surface area contributed by atoms with Crippen molar-refractivity contribution in [1.29, 1.82) is 0 Å². The average molecular weight is 302 g/mol. The Morgan fingerprint density at radius 3 is 2.81 bits per heavy atom. The number of rotatable bonds is 3. The molecule has 1 aliphatic rings. The number of anilines is 1. The summed E-state index contributed by atoms with van der Waals surface area (Å²) in [5, 5.41) is 3.35. The van der Waals surface area contributed by atoms with Gasteiger partial charge in [-0.3, -0.25) is 4.57 Å². The average Bonchev–Trinajstić information content (AvgIpc) is 2.63. The molecule has 3 rings (SSSR count). The lowest BCUT2D eigenvalue weighted by Crippen LogP contribution is -2.23. The maximum atomic E-state index is 5.50. The van der Waals surface area contributed by atoms with Crippen LogP contribution in [0.15, 0.2) is 18.3 Å². The Hall–Kier alpha value is -1.49. The number of imidazole rings is 1. The predicted octanol–water partition coefficient (Wildman–Crippen LogP) is 4.33. The molecule has 0 saturated heterocycles. The first-order valence-electron chi connectivity index (χ1n) is 7.57. The van der Waals surface area contributed by atoms with Crippen LogP contribution in [0.2, 0.25) is 0 Å². The summed E-state index contributed by atoms with van der Waals surface area (Å²) in [5.41, 5.74) is 2.07. The number of nitrogens with zero attached hydrogens (tertiary/aromatic N) is 3. The van der Waals surface area contributed by atoms with E-state index in [2.05, 4.69) is 40.6 Å². The van der Waals surface area contributed by atoms with Crippen molar-refractivity contribution in [3.05, 3.63) is 18.3 Å². The van der Waals surface area contributed by atoms with Gasteiger partial charge in [0, 0.05) is 18.7 Å². The molecule has 1 aliphatic carbocycles. The zero-order chi connectivity index (χ0) is 15.0. The maximum absolute atomic E-state index is 5.50. The van der Waals surface area contributed by atoms with Gasteiger partial charge in [-0.25, -0.2) is 9.97 Å². The number of fused-ring (bicyclic) bond motifs is 1. The zero-order valence-electron chi connectivity index (χ0n) is 12.9. The van der Waals surface area contributed by atoms with Gasteiger partial charge >= 0.3 is 0 Å². The quantitative estimate of drug-likeness (QED) is 0.857. The fraction of sp³-hybridized carbons (Fsp3) is 0.562. The standard InChI is InChI=1S/C16H22N4S/c1-16(2,3)10-13(21)19-15-18-12-8-5-9-17-14(12)20(15)11-6-4-7-11/h5,8-9,11H,4,6-7,10H2,1-3H3,(H,18,19,21). The number of aromatic nitrogens is 3. The van der Waals surface area contributed by atoms with Crippen molar-refractivity contribution in [2.24, 2.45) is 5.41 Å². The van der Waals surface area contributed by atoms with Gasteiger partial charge in [-0.05, 0) is 36.8 Å². The molecule has 0 radical (unpaired) electrons. The minimum Gasteiger partial charge on any atom is -0.320 e. The molecule has 2 aromatic rings. The van der Waals surface area contributed by atoms with E-state index in [1.54, 1.807) is 0 Å². The van der Waals surface area contributed by atoms with Crippen LogP contribution < -0.4 is 5.32 Å². The van der Waals surface area contributed by atoms with E-state index in [0.717, 1.165) is 28.5 Å². The van der Waals surface area contributed by atoms with Crippen LogP contribution in [0.5, 0.6) is 0 Å². The molecule has 0 spiro atoms. The molecule has 112 valence electrons. The number of thiocarbonyl (C=S) groups is 1. The summed E-state index contributed by atoms with van der Waals surface area (Å²) in [4.78, 5) is 10.0. The fourth-order valence-electron chi connectivity index (χ4n) is 2.66. The molecule has 0 atom stereocenters. The lowest BCUT2D eigenvalue weighted by Gasteiger charge is -2.29. The maximum Gasteiger partial charge on any atom is 0.210 e. The molecule has 5 heteroatoms. The molecule has 21 heavy (non-hydrogen) atoms. The van der Waals surface area contributed by atoms with Gasteiger partial charge < -0.3 is 5.32 Å². The second-order valence-corrected chi connectivity index (χ2v) is 7.51. The van der Waals surface area contributed by atoms with Gasteiger partial charge in [-0.1, -0.05) is 33.0 Å². The third-order valence-corrected chi connectivity index (χ3v) is 4.08. The van der Waals surface area contributed by atoms with Gasteiger partial charge in [0.1, 0.15) is 5.52 Å². The first-order chi connectivity index (χ1) is 9.94. The number of hydrogen-bond acceptors (Lipinski definition) is 3. The van der Waals surface area contributed by atoms with Gasteiger partial charge in [0.15, 0.2) is 5.65 Å². The van der Waals surface area contributed by atoms with E-state index in [1.807, 2.05) is 18.3 Å². The molecule has 2 heterocycles. The van der Waals surface area contributed by atoms with Crippen molar-refractivity contribution in [2.75, 3.05) is 5.32 Å². The Balaban J connectivity index is 1.92. The van der Waals surface area contributed by atoms with Crippen LogP contribution >= 0.6 is 12.2 Å². The Morgan fingerprint density at radius 1 is 1.43 bits per heavy atom. The Bertz CT molecular complexity index is 664. The molecule has 0 unspecified atom stereocenters. The highest BCUT2D eigenvalue weighted by molar-refractivity contribution is 7.80. The second-order valence-electron chi connectivity index (χ2n) is 7.02. The second kappa shape index (κ2) is 5.37. The molecule has 0 aromatic carbocycles. The first-order valence-corrected chi connectivity index (χ1v) is 7.98. The molecule has 1 saturated carbocycles. The predicted molar refractivity (Wildman–Crippen MR) is 90.7 cm³/mol. The van der Waals surface area contributed by atoms with Gasteiger partial charge in [0.05, 0.1) is 4.99 Å². The van der Waals surface area contributed by atoms with E-state index in [4.69, 9.17) is 12.2 Å². The van der Waals surface area contributed by atoms with Gasteiger partial charge in [-0.15, -0.1) is 0 Å². The first kappa shape index (κ1) is 14.4. The van der Waals surface area contributed by atoms with E-state index in [1.165, 1.54) is 19.3 Å². The van der Waals surface area contributed by atoms with Gasteiger partial charge in [0.25, 0.3) is 0 Å². The number of pyridine rings is 1. The Morgan fingerprint density at radius 2 is 2.19 bits per heavy atom. The molecule has 0 amide bonds. The lowest BCUT2D eigenvalue weighted by atomic mass is 9.92. The van der Waals surface area contributed by atoms with E-state index in [-0.39, 0.29) is 5.41 Å². The summed E-state index contributed by atoms with van der Waals surface area (Å²) in [6, 6.07) is 4.44. The summed E-state index contributed by atoms with van der Waals surface area (Å²) < 4.78 is 2.23. The molecule has 2 aromatic heterocycles. The van der Waals surface area contributed by atoms with Crippen molar-refractivity contribution in [3.8, 4) is 0 Å². The highest BCUT2D eigenvalue weighted by Gasteiger charge is 2.26. The monoisotopic (exact) mass is 302 g/mol. The molecular formula is C16H22N4S. The van der Waals surface area contributed by atoms with E-state index >= 15 is 0 Å². The van der Waals surface area contributed by atoms with E-state index < -0.39 is 0 Å². The third kappa shape index (κ3) is 3.07. The molecule has 0 bridgehead atoms. The largest absolute Gasteiger partial charge is 0.320 e. The van der Waals surface area contributed by atoms with Crippen molar-refractivity contribution in [3.63, 3.8) is 0 Å². The smallest absolute Gasteiger partial charge is 0.210 e. The number of hydrogen-bond donors (Lipinski definition) is 1. The van der Waals surface area contributed by atoms with E-state index in [0.29, 0.717) is 6.04 Å². The van der Waals surface area contributed by atoms with E-state index in [9.17, 15) is 0 Å². The summed E-state index contributed by atoms with van der Waals surface area (Å²) >= 11 is 5.50. The highest BCUT2D eigenvalue weighted by Crippen LogP contribution is 2.36. The minimum atomic E-state index is 0.176. The normalized spacial score (nSPS) is 16.0. The SMILES string of the molecule is CC(C)(C)CC(=S)Nc1nc2cccnc2n1C1CCC1. The zero-order valence-corrected chi connectivity index (χ0v) is 13.7. The third-order valence-electron chi connectivity index (χ3n) is 3.83. The molecule has 1 fully saturated rings. The highest BCUT2D eigenvalue weighted by atomic mass is 32.1. The van der Waals surface area contributed by atoms with Crippen LogP contribution in [-0.2, 0) is 0 Å². The van der Waals surface area contributed by atoms with Crippen LogP contribution in [-0.4, -0.2) is 19.5 Å². The van der Waals surface area contributed by atoms with Crippen LogP contribution in [0.1, 0.15) is 52.5 Å². The lowest BCUT2D eigenvalue weighted by molar-refractivity contribution is 0.322. The van der Waals surface area contributed by atoms with Crippen LogP contribution in [0.4, 0.5) is 5.95 Å². The molecule has 1 N–H and O–H groups in total. The summed E-state index contributed by atoms with van der Waals surface area (Å²) in [6.45, 7) is 6.58. The summed E-state index contributed by atoms with van der Waals surface area (Å²) in [5.74, 6) is 0.850. The topological polar surface area (TPSA) is 42.7 Å². The van der Waals surface area contributed by atoms with Crippen molar-refractivity contribution < 1.29 is 0 Å². The van der Waals surface area contributed by atoms with Gasteiger partial charge in [0.2, 0.25) is 5.95 Å². The van der Waals surface area contributed by atoms with Crippen molar-refractivity contribution in [2.45, 2.75) is 52.5 Å². The van der Waals surface area contributed by atoms with Crippen molar-refractivity contribution >= 4 is 34.3 Å². The Labute approximate surface area is 131 Å². The molecule has 0 aliphatic heterocycles. The van der Waals surface area contributed by atoms with Crippen LogP contribution in [0.3, 0.4) is 0 Å². The van der Waals surface area contributed by atoms with Crippen molar-refractivity contribution in [1.82, 2.24) is 14.5 Å². The minimum absolute atomic E-state index is 0.176. The molecular weight excluding hydrogens is 280 g/mol. The van der Waals surface area contributed by atoms with Crippen LogP contribution in [0, 0.1) is 5.41 Å². The summed E-state index contributed by atoms with van der Waals surface area (Å²) in [6.07, 6.45) is 6.36. The van der Waals surface area contributed by atoms with Gasteiger partial charge in [-0.2, -0.15) is 0 Å². The molecule has 4 nitrogen and oxygen atoms in total. The summed E-state index contributed by atoms with van der Waals surface area (Å²) in [7, 11) is 0. The Kier molecular flexibility index (Phi) is 3.69. The number of nitrogens with one attached hydrogen (secondary N) is 1. The van der Waals surface area contributed by atoms with Crippen LogP contribution in [0.25, 0.3) is 11.2 Å².